The second-order valence-corrected chi connectivity index (χ2v) is 5.87. The van der Waals surface area contributed by atoms with Crippen LogP contribution in [-0.2, 0) is 6.18 Å². The molecular formula is C15H19F3N2. The molecule has 1 aliphatic carbocycles. The normalized spacial score (nSPS) is 26.6. The molecule has 1 heterocycles. The van der Waals surface area contributed by atoms with Crippen LogP contribution in [-0.4, -0.2) is 12.6 Å². The predicted molar refractivity (Wildman–Crippen MR) is 73.6 cm³/mol. The quantitative estimate of drug-likeness (QED) is 0.788. The molecule has 2 aliphatic rings. The van der Waals surface area contributed by atoms with Crippen LogP contribution in [0.4, 0.5) is 24.5 Å². The van der Waals surface area contributed by atoms with Crippen molar-refractivity contribution in [3.05, 3.63) is 23.8 Å². The van der Waals surface area contributed by atoms with E-state index in [-0.39, 0.29) is 11.7 Å². The lowest BCUT2D eigenvalue weighted by Gasteiger charge is -2.40. The molecule has 3 rings (SSSR count). The fourth-order valence-corrected chi connectivity index (χ4v) is 3.78. The largest absolute Gasteiger partial charge is 0.418 e. The van der Waals surface area contributed by atoms with Gasteiger partial charge in [-0.25, -0.2) is 0 Å². The molecule has 1 aliphatic heterocycles. The summed E-state index contributed by atoms with van der Waals surface area (Å²) in [6.07, 6.45) is 1.06. The zero-order valence-corrected chi connectivity index (χ0v) is 11.3. The molecule has 1 saturated heterocycles. The topological polar surface area (TPSA) is 29.3 Å². The van der Waals surface area contributed by atoms with Crippen LogP contribution in [0.5, 0.6) is 0 Å². The van der Waals surface area contributed by atoms with Crippen LogP contribution in [0.1, 0.15) is 37.7 Å². The highest BCUT2D eigenvalue weighted by Gasteiger charge is 2.40. The Labute approximate surface area is 116 Å². The summed E-state index contributed by atoms with van der Waals surface area (Å²) in [7, 11) is 0. The highest BCUT2D eigenvalue weighted by molar-refractivity contribution is 5.61. The van der Waals surface area contributed by atoms with Gasteiger partial charge in [0.15, 0.2) is 0 Å². The van der Waals surface area contributed by atoms with E-state index in [4.69, 9.17) is 5.73 Å². The van der Waals surface area contributed by atoms with Gasteiger partial charge in [-0.2, -0.15) is 13.2 Å². The third-order valence-corrected chi connectivity index (χ3v) is 4.63. The van der Waals surface area contributed by atoms with Gasteiger partial charge in [-0.3, -0.25) is 0 Å². The van der Waals surface area contributed by atoms with E-state index in [0.29, 0.717) is 18.2 Å². The zero-order valence-electron chi connectivity index (χ0n) is 11.3. The zero-order chi connectivity index (χ0) is 14.3. The van der Waals surface area contributed by atoms with Crippen molar-refractivity contribution in [2.75, 3.05) is 17.2 Å². The fraction of sp³-hybridized carbons (Fsp3) is 0.600. The predicted octanol–water partition coefficient (Wildman–Crippen LogP) is 4.06. The highest BCUT2D eigenvalue weighted by atomic mass is 19.4. The molecule has 1 aromatic carbocycles. The molecule has 5 heteroatoms. The molecule has 0 bridgehead atoms. The van der Waals surface area contributed by atoms with Gasteiger partial charge in [0.1, 0.15) is 0 Å². The number of nitrogens with two attached hydrogens (primary N) is 1. The van der Waals surface area contributed by atoms with Crippen molar-refractivity contribution in [3.63, 3.8) is 0 Å². The van der Waals surface area contributed by atoms with Gasteiger partial charge in [-0.15, -0.1) is 0 Å². The van der Waals surface area contributed by atoms with E-state index < -0.39 is 11.7 Å². The summed E-state index contributed by atoms with van der Waals surface area (Å²) >= 11 is 0. The maximum absolute atomic E-state index is 13.2. The summed E-state index contributed by atoms with van der Waals surface area (Å²) < 4.78 is 39.7. The smallest absolute Gasteiger partial charge is 0.399 e. The van der Waals surface area contributed by atoms with E-state index in [1.54, 1.807) is 12.1 Å². The van der Waals surface area contributed by atoms with Gasteiger partial charge in [0.05, 0.1) is 5.56 Å². The van der Waals surface area contributed by atoms with E-state index in [0.717, 1.165) is 38.2 Å². The molecule has 2 atom stereocenters. The summed E-state index contributed by atoms with van der Waals surface area (Å²) in [5.74, 6) is 0.558. The number of nitrogens with zero attached hydrogens (tertiary/aromatic N) is 1. The summed E-state index contributed by atoms with van der Waals surface area (Å²) in [5.41, 5.74) is 5.43. The van der Waals surface area contributed by atoms with Crippen molar-refractivity contribution in [2.24, 2.45) is 5.92 Å². The number of nitrogen functional groups attached to an aromatic ring is 1. The molecule has 0 aromatic heterocycles. The Balaban J connectivity index is 2.00. The molecular weight excluding hydrogens is 265 g/mol. The number of benzene rings is 1. The number of alkyl halides is 3. The standard InChI is InChI=1S/C15H19F3N2/c16-15(17,18)12-9-11(19)6-7-14(12)20-8-2-4-10-3-1-5-13(10)20/h6-7,9-10,13H,1-5,8,19H2. The Bertz CT molecular complexity index is 498. The van der Waals surface area contributed by atoms with Gasteiger partial charge in [0, 0.05) is 24.0 Å². The molecule has 0 amide bonds. The lowest BCUT2D eigenvalue weighted by molar-refractivity contribution is -0.137. The van der Waals surface area contributed by atoms with Crippen LogP contribution in [0.2, 0.25) is 0 Å². The van der Waals surface area contributed by atoms with Crippen LogP contribution in [0.15, 0.2) is 18.2 Å². The van der Waals surface area contributed by atoms with Gasteiger partial charge in [-0.1, -0.05) is 6.42 Å². The minimum absolute atomic E-state index is 0.168. The average molecular weight is 284 g/mol. The molecule has 1 aromatic rings. The molecule has 0 radical (unpaired) electrons. The van der Waals surface area contributed by atoms with Gasteiger partial charge in [-0.05, 0) is 49.8 Å². The van der Waals surface area contributed by atoms with Crippen LogP contribution in [0, 0.1) is 5.92 Å². The summed E-state index contributed by atoms with van der Waals surface area (Å²) in [4.78, 5) is 1.98. The van der Waals surface area contributed by atoms with E-state index in [1.807, 2.05) is 4.90 Å². The molecule has 2 unspecified atom stereocenters. The van der Waals surface area contributed by atoms with Gasteiger partial charge in [0.25, 0.3) is 0 Å². The van der Waals surface area contributed by atoms with E-state index in [1.165, 1.54) is 0 Å². The van der Waals surface area contributed by atoms with Crippen LogP contribution in [0.25, 0.3) is 0 Å². The second-order valence-electron chi connectivity index (χ2n) is 5.87. The van der Waals surface area contributed by atoms with Crippen molar-refractivity contribution < 1.29 is 13.2 Å². The molecule has 110 valence electrons. The van der Waals surface area contributed by atoms with Crippen LogP contribution >= 0.6 is 0 Å². The lowest BCUT2D eigenvalue weighted by atomic mass is 9.91. The minimum atomic E-state index is -4.35. The fourth-order valence-electron chi connectivity index (χ4n) is 3.78. The number of rotatable bonds is 1. The number of hydrogen-bond donors (Lipinski definition) is 1. The number of piperidine rings is 1. The molecule has 2 fully saturated rings. The second kappa shape index (κ2) is 4.86. The Morgan fingerprint density at radius 1 is 1.10 bits per heavy atom. The Morgan fingerprint density at radius 3 is 2.60 bits per heavy atom. The van der Waals surface area contributed by atoms with Gasteiger partial charge in [0.2, 0.25) is 0 Å². The maximum atomic E-state index is 13.2. The third-order valence-electron chi connectivity index (χ3n) is 4.63. The van der Waals surface area contributed by atoms with Crippen molar-refractivity contribution >= 4 is 11.4 Å². The number of hydrogen-bond acceptors (Lipinski definition) is 2. The molecule has 2 N–H and O–H groups in total. The average Bonchev–Trinajstić information content (AvgIpc) is 2.86. The van der Waals surface area contributed by atoms with Crippen molar-refractivity contribution in [3.8, 4) is 0 Å². The van der Waals surface area contributed by atoms with Crippen LogP contribution in [0.3, 0.4) is 0 Å². The monoisotopic (exact) mass is 284 g/mol. The summed E-state index contributed by atoms with van der Waals surface area (Å²) in [5, 5.41) is 0. The molecule has 2 nitrogen and oxygen atoms in total. The Hall–Kier alpha value is -1.39. The van der Waals surface area contributed by atoms with Crippen molar-refractivity contribution in [1.82, 2.24) is 0 Å². The first-order valence-corrected chi connectivity index (χ1v) is 7.20. The summed E-state index contributed by atoms with van der Waals surface area (Å²) in [6.45, 7) is 0.716. The summed E-state index contributed by atoms with van der Waals surface area (Å²) in [6, 6.07) is 4.45. The molecule has 20 heavy (non-hydrogen) atoms. The molecule has 0 spiro atoms. The van der Waals surface area contributed by atoms with Crippen molar-refractivity contribution in [2.45, 2.75) is 44.3 Å². The highest BCUT2D eigenvalue weighted by Crippen LogP contribution is 2.44. The first-order chi connectivity index (χ1) is 9.47. The number of fused-ring (bicyclic) bond motifs is 1. The SMILES string of the molecule is Nc1ccc(N2CCCC3CCCC32)c(C(F)(F)F)c1. The van der Waals surface area contributed by atoms with Crippen LogP contribution < -0.4 is 10.6 Å². The van der Waals surface area contributed by atoms with Gasteiger partial charge < -0.3 is 10.6 Å². The van der Waals surface area contributed by atoms with Gasteiger partial charge >= 0.3 is 6.18 Å². The minimum Gasteiger partial charge on any atom is -0.399 e. The number of anilines is 2. The third kappa shape index (κ3) is 2.34. The first kappa shape index (κ1) is 13.6. The van der Waals surface area contributed by atoms with E-state index in [9.17, 15) is 13.2 Å². The molecule has 1 saturated carbocycles. The Kier molecular flexibility index (Phi) is 3.30. The Morgan fingerprint density at radius 2 is 1.85 bits per heavy atom. The first-order valence-electron chi connectivity index (χ1n) is 7.20. The number of halogens is 3. The van der Waals surface area contributed by atoms with E-state index >= 15 is 0 Å². The maximum Gasteiger partial charge on any atom is 0.418 e. The van der Waals surface area contributed by atoms with Crippen molar-refractivity contribution in [1.29, 1.82) is 0 Å². The van der Waals surface area contributed by atoms with E-state index in [2.05, 4.69) is 0 Å². The lowest BCUT2D eigenvalue weighted by Crippen LogP contribution is -2.43.